The number of nitrogens with zero attached hydrogens (tertiary/aromatic N) is 2. The zero-order chi connectivity index (χ0) is 14.9. The fourth-order valence-corrected chi connectivity index (χ4v) is 4.62. The number of sulfone groups is 1. The van der Waals surface area contributed by atoms with Gasteiger partial charge >= 0.3 is 0 Å². The number of aromatic nitrogens is 1. The van der Waals surface area contributed by atoms with Crippen molar-refractivity contribution in [2.45, 2.75) is 25.4 Å². The molecule has 6 nitrogen and oxygen atoms in total. The van der Waals surface area contributed by atoms with Gasteiger partial charge in [0.15, 0.2) is 9.84 Å². The number of likely N-dealkylation sites (tertiary alicyclic amines) is 1. The molecule has 0 saturated carbocycles. The molecule has 21 heavy (non-hydrogen) atoms. The standard InChI is InChI=1S/C13H17N3O3S2/c17-13(15-10-3-6-21(18,19)9-10)11-7-14-12(20-11)8-16-4-1-2-5-16/h3,6-7,10H,1-2,4-5,8-9H2,(H,15,17). The summed E-state index contributed by atoms with van der Waals surface area (Å²) in [4.78, 5) is 19.2. The predicted octanol–water partition coefficient (Wildman–Crippen LogP) is 0.779. The third-order valence-electron chi connectivity index (χ3n) is 3.58. The van der Waals surface area contributed by atoms with Crippen LogP contribution in [-0.4, -0.2) is 49.1 Å². The van der Waals surface area contributed by atoms with Crippen LogP contribution < -0.4 is 5.32 Å². The lowest BCUT2D eigenvalue weighted by atomic mass is 10.3. The molecule has 2 aliphatic heterocycles. The van der Waals surface area contributed by atoms with Gasteiger partial charge < -0.3 is 5.32 Å². The van der Waals surface area contributed by atoms with Gasteiger partial charge in [0.2, 0.25) is 0 Å². The van der Waals surface area contributed by atoms with Crippen LogP contribution in [0.2, 0.25) is 0 Å². The van der Waals surface area contributed by atoms with Crippen LogP contribution in [0.3, 0.4) is 0 Å². The molecule has 3 rings (SSSR count). The van der Waals surface area contributed by atoms with E-state index in [1.807, 2.05) is 0 Å². The van der Waals surface area contributed by atoms with E-state index in [1.54, 1.807) is 6.20 Å². The van der Waals surface area contributed by atoms with E-state index in [9.17, 15) is 13.2 Å². The van der Waals surface area contributed by atoms with Crippen LogP contribution >= 0.6 is 11.3 Å². The monoisotopic (exact) mass is 327 g/mol. The third-order valence-corrected chi connectivity index (χ3v) is 5.96. The van der Waals surface area contributed by atoms with E-state index in [4.69, 9.17) is 0 Å². The Labute approximate surface area is 127 Å². The summed E-state index contributed by atoms with van der Waals surface area (Å²) in [6.45, 7) is 2.97. The van der Waals surface area contributed by atoms with Crippen molar-refractivity contribution < 1.29 is 13.2 Å². The van der Waals surface area contributed by atoms with E-state index < -0.39 is 15.9 Å². The van der Waals surface area contributed by atoms with E-state index in [0.717, 1.165) is 30.0 Å². The lowest BCUT2D eigenvalue weighted by Crippen LogP contribution is -2.35. The van der Waals surface area contributed by atoms with Crippen LogP contribution in [0.1, 0.15) is 27.5 Å². The van der Waals surface area contributed by atoms with E-state index in [2.05, 4.69) is 15.2 Å². The Morgan fingerprint density at radius 1 is 1.43 bits per heavy atom. The van der Waals surface area contributed by atoms with Crippen molar-refractivity contribution in [3.05, 3.63) is 27.6 Å². The summed E-state index contributed by atoms with van der Waals surface area (Å²) in [5, 5.41) is 4.79. The number of rotatable bonds is 4. The van der Waals surface area contributed by atoms with Gasteiger partial charge in [-0.1, -0.05) is 0 Å². The van der Waals surface area contributed by atoms with Crippen LogP contribution in [0.15, 0.2) is 17.7 Å². The number of thiazole rings is 1. The molecular weight excluding hydrogens is 310 g/mol. The van der Waals surface area contributed by atoms with Crippen LogP contribution in [0, 0.1) is 0 Å². The van der Waals surface area contributed by atoms with Crippen LogP contribution in [0.25, 0.3) is 0 Å². The minimum atomic E-state index is -3.15. The number of amides is 1. The quantitative estimate of drug-likeness (QED) is 0.884. The summed E-state index contributed by atoms with van der Waals surface area (Å²) in [5.41, 5.74) is 0. The van der Waals surface area contributed by atoms with Crippen molar-refractivity contribution in [2.75, 3.05) is 18.8 Å². The predicted molar refractivity (Wildman–Crippen MR) is 80.8 cm³/mol. The van der Waals surface area contributed by atoms with Crippen molar-refractivity contribution in [1.29, 1.82) is 0 Å². The maximum Gasteiger partial charge on any atom is 0.263 e. The van der Waals surface area contributed by atoms with Crippen molar-refractivity contribution in [1.82, 2.24) is 15.2 Å². The molecule has 0 aliphatic carbocycles. The van der Waals surface area contributed by atoms with Gasteiger partial charge in [-0.3, -0.25) is 9.69 Å². The molecule has 1 amide bonds. The van der Waals surface area contributed by atoms with Gasteiger partial charge in [0, 0.05) is 5.41 Å². The van der Waals surface area contributed by atoms with Gasteiger partial charge in [0.1, 0.15) is 9.88 Å². The maximum atomic E-state index is 12.1. The number of hydrogen-bond donors (Lipinski definition) is 1. The molecule has 8 heteroatoms. The number of nitrogens with one attached hydrogen (secondary N) is 1. The molecule has 0 radical (unpaired) electrons. The lowest BCUT2D eigenvalue weighted by Gasteiger charge is -2.11. The smallest absolute Gasteiger partial charge is 0.263 e. The van der Waals surface area contributed by atoms with Gasteiger partial charge in [0.05, 0.1) is 24.5 Å². The normalized spacial score (nSPS) is 24.5. The van der Waals surface area contributed by atoms with Gasteiger partial charge in [-0.2, -0.15) is 0 Å². The first-order chi connectivity index (χ1) is 10.0. The molecule has 1 N–H and O–H groups in total. The molecule has 0 spiro atoms. The second-order valence-electron chi connectivity index (χ2n) is 5.34. The topological polar surface area (TPSA) is 79.4 Å². The number of carbonyl (C=O) groups excluding carboxylic acids is 1. The Balaban J connectivity index is 1.58. The summed E-state index contributed by atoms with van der Waals surface area (Å²) in [7, 11) is -3.15. The van der Waals surface area contributed by atoms with E-state index in [1.165, 1.54) is 30.3 Å². The maximum absolute atomic E-state index is 12.1. The van der Waals surface area contributed by atoms with Crippen LogP contribution in [-0.2, 0) is 16.4 Å². The van der Waals surface area contributed by atoms with Crippen molar-refractivity contribution in [2.24, 2.45) is 0 Å². The fraction of sp³-hybridized carbons (Fsp3) is 0.538. The molecule has 2 aliphatic rings. The van der Waals surface area contributed by atoms with Crippen LogP contribution in [0.5, 0.6) is 0 Å². The first kappa shape index (κ1) is 14.7. The average Bonchev–Trinajstić information content (AvgIpc) is 3.12. The minimum Gasteiger partial charge on any atom is -0.344 e. The third kappa shape index (κ3) is 3.69. The summed E-state index contributed by atoms with van der Waals surface area (Å²) < 4.78 is 22.6. The second kappa shape index (κ2) is 5.86. The Hall–Kier alpha value is -1.25. The first-order valence-corrected chi connectivity index (χ1v) is 9.44. The lowest BCUT2D eigenvalue weighted by molar-refractivity contribution is 0.0951. The first-order valence-electron chi connectivity index (χ1n) is 6.91. The molecule has 0 bridgehead atoms. The highest BCUT2D eigenvalue weighted by molar-refractivity contribution is 7.94. The van der Waals surface area contributed by atoms with Crippen molar-refractivity contribution >= 4 is 27.1 Å². The van der Waals surface area contributed by atoms with E-state index in [-0.39, 0.29) is 11.7 Å². The van der Waals surface area contributed by atoms with Gasteiger partial charge in [-0.15, -0.1) is 11.3 Å². The number of carbonyl (C=O) groups is 1. The molecule has 1 atom stereocenters. The van der Waals surface area contributed by atoms with Crippen molar-refractivity contribution in [3.63, 3.8) is 0 Å². The summed E-state index contributed by atoms with van der Waals surface area (Å²) in [6.07, 6.45) is 5.53. The largest absolute Gasteiger partial charge is 0.344 e. The Kier molecular flexibility index (Phi) is 4.10. The van der Waals surface area contributed by atoms with E-state index >= 15 is 0 Å². The van der Waals surface area contributed by atoms with Gasteiger partial charge in [-0.05, 0) is 32.0 Å². The van der Waals surface area contributed by atoms with Crippen molar-refractivity contribution in [3.8, 4) is 0 Å². The molecular formula is C13H17N3O3S2. The molecule has 114 valence electrons. The average molecular weight is 327 g/mol. The van der Waals surface area contributed by atoms with E-state index in [0.29, 0.717) is 4.88 Å². The zero-order valence-electron chi connectivity index (χ0n) is 11.5. The highest BCUT2D eigenvalue weighted by atomic mass is 32.2. The Bertz CT molecular complexity index is 660. The summed E-state index contributed by atoms with van der Waals surface area (Å²) >= 11 is 1.37. The summed E-state index contributed by atoms with van der Waals surface area (Å²) in [5.74, 6) is -0.315. The Morgan fingerprint density at radius 3 is 2.86 bits per heavy atom. The zero-order valence-corrected chi connectivity index (χ0v) is 13.1. The minimum absolute atomic E-state index is 0.0574. The molecule has 1 aromatic heterocycles. The second-order valence-corrected chi connectivity index (χ2v) is 8.39. The molecule has 1 unspecified atom stereocenters. The highest BCUT2D eigenvalue weighted by Crippen LogP contribution is 2.18. The molecule has 1 fully saturated rings. The van der Waals surface area contributed by atoms with Gasteiger partial charge in [0.25, 0.3) is 5.91 Å². The summed E-state index contributed by atoms with van der Waals surface area (Å²) in [6, 6.07) is -0.438. The molecule has 3 heterocycles. The highest BCUT2D eigenvalue weighted by Gasteiger charge is 2.24. The number of hydrogen-bond acceptors (Lipinski definition) is 6. The molecule has 1 saturated heterocycles. The fourth-order valence-electron chi connectivity index (χ4n) is 2.53. The van der Waals surface area contributed by atoms with Crippen LogP contribution in [0.4, 0.5) is 0 Å². The molecule has 1 aromatic rings. The van der Waals surface area contributed by atoms with Gasteiger partial charge in [-0.25, -0.2) is 13.4 Å². The Morgan fingerprint density at radius 2 is 2.19 bits per heavy atom. The SMILES string of the molecule is O=C(NC1C=CS(=O)(=O)C1)c1cnc(CN2CCCC2)s1. The molecule has 0 aromatic carbocycles.